The van der Waals surface area contributed by atoms with Crippen LogP contribution >= 0.6 is 11.3 Å². The van der Waals surface area contributed by atoms with Gasteiger partial charge >= 0.3 is 0 Å². The molecule has 114 valence electrons. The lowest BCUT2D eigenvalue weighted by Crippen LogP contribution is -2.30. The number of para-hydroxylation sites is 2. The molecular formula is C17H19N3OS. The average molecular weight is 313 g/mol. The van der Waals surface area contributed by atoms with Gasteiger partial charge in [-0.15, -0.1) is 11.3 Å². The standard InChI is InChI=1S/C17H19N3OS/c1-2-7-15-13(6-1)19-17(21-15)18-12-14(16-8-5-11-22-16)20-9-3-4-10-20/h1-2,5-8,11,14H,3-4,9-10,12H2,(H,18,19). The molecule has 0 radical (unpaired) electrons. The molecule has 1 atom stereocenters. The Morgan fingerprint density at radius 2 is 2.05 bits per heavy atom. The molecule has 1 aromatic carbocycles. The van der Waals surface area contributed by atoms with Gasteiger partial charge in [-0.3, -0.25) is 4.90 Å². The van der Waals surface area contributed by atoms with E-state index in [4.69, 9.17) is 4.42 Å². The third kappa shape index (κ3) is 2.74. The average Bonchev–Trinajstić information content (AvgIpc) is 3.29. The molecule has 2 aromatic heterocycles. The monoisotopic (exact) mass is 313 g/mol. The van der Waals surface area contributed by atoms with E-state index in [2.05, 4.69) is 32.7 Å². The predicted octanol–water partition coefficient (Wildman–Crippen LogP) is 4.14. The minimum atomic E-state index is 0.400. The quantitative estimate of drug-likeness (QED) is 0.768. The number of rotatable bonds is 5. The molecule has 0 aliphatic carbocycles. The smallest absolute Gasteiger partial charge is 0.295 e. The van der Waals surface area contributed by atoms with E-state index < -0.39 is 0 Å². The Balaban J connectivity index is 1.51. The number of aromatic nitrogens is 1. The Hall–Kier alpha value is -1.85. The van der Waals surface area contributed by atoms with Crippen molar-refractivity contribution in [3.8, 4) is 0 Å². The highest BCUT2D eigenvalue weighted by Gasteiger charge is 2.24. The number of oxazole rings is 1. The molecule has 1 N–H and O–H groups in total. The molecule has 4 nitrogen and oxygen atoms in total. The second-order valence-corrected chi connectivity index (χ2v) is 6.62. The lowest BCUT2D eigenvalue weighted by Gasteiger charge is -2.26. The number of benzene rings is 1. The summed E-state index contributed by atoms with van der Waals surface area (Å²) < 4.78 is 5.76. The Morgan fingerprint density at radius 3 is 2.82 bits per heavy atom. The molecule has 0 amide bonds. The van der Waals surface area contributed by atoms with Gasteiger partial charge in [0, 0.05) is 11.4 Å². The summed E-state index contributed by atoms with van der Waals surface area (Å²) in [4.78, 5) is 8.46. The Bertz CT molecular complexity index is 698. The summed E-state index contributed by atoms with van der Waals surface area (Å²) in [5.74, 6) is 0. The highest BCUT2D eigenvalue weighted by atomic mass is 32.1. The topological polar surface area (TPSA) is 41.3 Å². The van der Waals surface area contributed by atoms with Gasteiger partial charge in [0.25, 0.3) is 6.01 Å². The van der Waals surface area contributed by atoms with E-state index >= 15 is 0 Å². The van der Waals surface area contributed by atoms with Crippen LogP contribution in [0, 0.1) is 0 Å². The molecule has 4 rings (SSSR count). The normalized spacial score (nSPS) is 17.1. The van der Waals surface area contributed by atoms with E-state index in [9.17, 15) is 0 Å². The number of likely N-dealkylation sites (tertiary alicyclic amines) is 1. The summed E-state index contributed by atoms with van der Waals surface area (Å²) in [6, 6.07) is 13.2. The molecule has 0 spiro atoms. The van der Waals surface area contributed by atoms with Crippen molar-refractivity contribution in [2.45, 2.75) is 18.9 Å². The second kappa shape index (κ2) is 6.10. The number of hydrogen-bond acceptors (Lipinski definition) is 5. The van der Waals surface area contributed by atoms with Gasteiger partial charge in [0.15, 0.2) is 5.58 Å². The largest absolute Gasteiger partial charge is 0.424 e. The molecule has 3 heterocycles. The summed E-state index contributed by atoms with van der Waals surface area (Å²) in [7, 11) is 0. The van der Waals surface area contributed by atoms with Gasteiger partial charge in [0.05, 0.1) is 6.04 Å². The molecule has 3 aromatic rings. The molecule has 22 heavy (non-hydrogen) atoms. The Labute approximate surface area is 133 Å². The number of fused-ring (bicyclic) bond motifs is 1. The van der Waals surface area contributed by atoms with Crippen LogP contribution in [0.4, 0.5) is 6.01 Å². The van der Waals surface area contributed by atoms with E-state index in [1.165, 1.54) is 30.8 Å². The highest BCUT2D eigenvalue weighted by molar-refractivity contribution is 7.10. The van der Waals surface area contributed by atoms with E-state index in [1.54, 1.807) is 0 Å². The zero-order valence-corrected chi connectivity index (χ0v) is 13.2. The summed E-state index contributed by atoms with van der Waals surface area (Å²) in [5, 5.41) is 5.54. The molecule has 1 saturated heterocycles. The Kier molecular flexibility index (Phi) is 3.83. The van der Waals surface area contributed by atoms with E-state index in [-0.39, 0.29) is 0 Å². The molecule has 5 heteroatoms. The first-order valence-corrected chi connectivity index (χ1v) is 8.65. The van der Waals surface area contributed by atoms with Gasteiger partial charge < -0.3 is 9.73 Å². The molecule has 0 saturated carbocycles. The van der Waals surface area contributed by atoms with Crippen molar-refractivity contribution in [1.82, 2.24) is 9.88 Å². The van der Waals surface area contributed by atoms with Crippen LogP contribution in [0.2, 0.25) is 0 Å². The maximum absolute atomic E-state index is 5.76. The first kappa shape index (κ1) is 13.8. The molecule has 0 bridgehead atoms. The van der Waals surface area contributed by atoms with Gasteiger partial charge in [0.2, 0.25) is 0 Å². The number of hydrogen-bond donors (Lipinski definition) is 1. The minimum Gasteiger partial charge on any atom is -0.424 e. The number of nitrogens with zero attached hydrogens (tertiary/aromatic N) is 2. The predicted molar refractivity (Wildman–Crippen MR) is 90.4 cm³/mol. The fraction of sp³-hybridized carbons (Fsp3) is 0.353. The van der Waals surface area contributed by atoms with Crippen LogP contribution in [-0.2, 0) is 0 Å². The van der Waals surface area contributed by atoms with Crippen LogP contribution in [0.1, 0.15) is 23.8 Å². The van der Waals surface area contributed by atoms with Crippen LogP contribution in [0.25, 0.3) is 11.1 Å². The SMILES string of the molecule is c1csc(C(CNc2nc3ccccc3o2)N2CCCC2)c1. The van der Waals surface area contributed by atoms with Crippen molar-refractivity contribution < 1.29 is 4.42 Å². The van der Waals surface area contributed by atoms with Gasteiger partial charge in [-0.1, -0.05) is 18.2 Å². The van der Waals surface area contributed by atoms with Crippen LogP contribution in [0.3, 0.4) is 0 Å². The zero-order chi connectivity index (χ0) is 14.8. The maximum atomic E-state index is 5.76. The van der Waals surface area contributed by atoms with Crippen LogP contribution in [0.5, 0.6) is 0 Å². The summed E-state index contributed by atoms with van der Waals surface area (Å²) >= 11 is 1.83. The molecule has 1 aliphatic rings. The summed E-state index contributed by atoms with van der Waals surface area (Å²) in [5.41, 5.74) is 1.73. The first-order chi connectivity index (χ1) is 10.9. The minimum absolute atomic E-state index is 0.400. The maximum Gasteiger partial charge on any atom is 0.295 e. The van der Waals surface area contributed by atoms with E-state index in [0.717, 1.165) is 17.6 Å². The summed E-state index contributed by atoms with van der Waals surface area (Å²) in [6.07, 6.45) is 2.59. The number of nitrogens with one attached hydrogen (secondary N) is 1. The molecule has 1 unspecified atom stereocenters. The summed E-state index contributed by atoms with van der Waals surface area (Å²) in [6.45, 7) is 3.18. The number of anilines is 1. The van der Waals surface area contributed by atoms with Crippen LogP contribution < -0.4 is 5.32 Å². The fourth-order valence-corrected chi connectivity index (χ4v) is 3.94. The molecule has 1 aliphatic heterocycles. The van der Waals surface area contributed by atoms with Crippen molar-refractivity contribution in [3.63, 3.8) is 0 Å². The van der Waals surface area contributed by atoms with Crippen molar-refractivity contribution in [2.24, 2.45) is 0 Å². The van der Waals surface area contributed by atoms with Gasteiger partial charge in [-0.05, 0) is 49.5 Å². The van der Waals surface area contributed by atoms with Gasteiger partial charge in [-0.25, -0.2) is 0 Å². The van der Waals surface area contributed by atoms with Gasteiger partial charge in [0.1, 0.15) is 5.52 Å². The lowest BCUT2D eigenvalue weighted by molar-refractivity contribution is 0.258. The Morgan fingerprint density at radius 1 is 1.18 bits per heavy atom. The molecular weight excluding hydrogens is 294 g/mol. The third-order valence-corrected chi connectivity index (χ3v) is 5.17. The van der Waals surface area contributed by atoms with Gasteiger partial charge in [-0.2, -0.15) is 4.98 Å². The van der Waals surface area contributed by atoms with Crippen molar-refractivity contribution in [3.05, 3.63) is 46.7 Å². The highest BCUT2D eigenvalue weighted by Crippen LogP contribution is 2.29. The van der Waals surface area contributed by atoms with Crippen molar-refractivity contribution in [2.75, 3.05) is 25.0 Å². The first-order valence-electron chi connectivity index (χ1n) is 7.77. The fourth-order valence-electron chi connectivity index (χ4n) is 3.08. The molecule has 1 fully saturated rings. The second-order valence-electron chi connectivity index (χ2n) is 5.64. The van der Waals surface area contributed by atoms with E-state index in [0.29, 0.717) is 12.1 Å². The zero-order valence-electron chi connectivity index (χ0n) is 12.4. The van der Waals surface area contributed by atoms with Crippen LogP contribution in [0.15, 0.2) is 46.2 Å². The lowest BCUT2D eigenvalue weighted by atomic mass is 10.2. The van der Waals surface area contributed by atoms with E-state index in [1.807, 2.05) is 35.6 Å². The van der Waals surface area contributed by atoms with Crippen molar-refractivity contribution >= 4 is 28.5 Å². The third-order valence-electron chi connectivity index (χ3n) is 4.19. The van der Waals surface area contributed by atoms with Crippen LogP contribution in [-0.4, -0.2) is 29.5 Å². The van der Waals surface area contributed by atoms with Crippen molar-refractivity contribution in [1.29, 1.82) is 0 Å². The number of thiophene rings is 1.